The Labute approximate surface area is 160 Å². The Morgan fingerprint density at radius 3 is 2.22 bits per heavy atom. The molecule has 2 aliphatic rings. The van der Waals surface area contributed by atoms with Crippen molar-refractivity contribution in [2.75, 3.05) is 7.11 Å². The van der Waals surface area contributed by atoms with E-state index >= 15 is 0 Å². The lowest BCUT2D eigenvalue weighted by atomic mass is 9.98. The molecule has 27 heavy (non-hydrogen) atoms. The average Bonchev–Trinajstić information content (AvgIpc) is 3.26. The smallest absolute Gasteiger partial charge is 0.354 e. The minimum Gasteiger partial charge on any atom is -0.464 e. The van der Waals surface area contributed by atoms with Crippen LogP contribution in [0.2, 0.25) is 0 Å². The molecule has 1 atom stereocenters. The molecule has 0 aliphatic heterocycles. The number of carbonyl (C=O) groups excluding carboxylic acids is 3. The molecule has 0 radical (unpaired) electrons. The van der Waals surface area contributed by atoms with Crippen molar-refractivity contribution >= 4 is 17.7 Å². The number of hydrogen-bond donors (Lipinski definition) is 0. The van der Waals surface area contributed by atoms with E-state index in [4.69, 9.17) is 4.74 Å². The van der Waals surface area contributed by atoms with E-state index in [9.17, 15) is 14.4 Å². The van der Waals surface area contributed by atoms with Gasteiger partial charge in [-0.15, -0.1) is 0 Å². The van der Waals surface area contributed by atoms with E-state index in [-0.39, 0.29) is 23.7 Å². The third-order valence-corrected chi connectivity index (χ3v) is 6.25. The molecule has 3 rings (SSSR count). The van der Waals surface area contributed by atoms with E-state index in [1.807, 2.05) is 18.7 Å². The van der Waals surface area contributed by atoms with Gasteiger partial charge in [0.15, 0.2) is 5.78 Å². The van der Waals surface area contributed by atoms with Gasteiger partial charge in [-0.25, -0.2) is 4.79 Å². The summed E-state index contributed by atoms with van der Waals surface area (Å²) in [4.78, 5) is 40.5. The first-order valence-corrected chi connectivity index (χ1v) is 9.90. The maximum absolute atomic E-state index is 13.4. The van der Waals surface area contributed by atoms with Crippen LogP contribution in [-0.4, -0.2) is 46.3 Å². The Kier molecular flexibility index (Phi) is 5.45. The molecule has 148 valence electrons. The van der Waals surface area contributed by atoms with Crippen molar-refractivity contribution in [3.63, 3.8) is 0 Å². The van der Waals surface area contributed by atoms with Crippen molar-refractivity contribution in [1.29, 1.82) is 0 Å². The van der Waals surface area contributed by atoms with Crippen LogP contribution in [0.25, 0.3) is 0 Å². The molecule has 1 aromatic heterocycles. The molecule has 2 saturated carbocycles. The van der Waals surface area contributed by atoms with Gasteiger partial charge < -0.3 is 14.2 Å². The van der Waals surface area contributed by atoms with Crippen molar-refractivity contribution in [2.45, 2.75) is 71.4 Å². The molecule has 2 fully saturated rings. The molecular formula is C21H30N2O4. The highest BCUT2D eigenvalue weighted by atomic mass is 16.5. The summed E-state index contributed by atoms with van der Waals surface area (Å²) in [6.45, 7) is 5.44. The molecule has 0 N–H and O–H groups in total. The second-order valence-electron chi connectivity index (χ2n) is 7.98. The molecule has 0 spiro atoms. The first-order valence-electron chi connectivity index (χ1n) is 9.90. The Hall–Kier alpha value is -2.11. The fraction of sp³-hybridized carbons (Fsp3) is 0.667. The summed E-state index contributed by atoms with van der Waals surface area (Å²) < 4.78 is 6.58. The Morgan fingerprint density at radius 2 is 1.70 bits per heavy atom. The molecule has 0 aromatic carbocycles. The number of ether oxygens (including phenoxy) is 1. The highest BCUT2D eigenvalue weighted by Gasteiger charge is 2.42. The number of rotatable bonds is 6. The quantitative estimate of drug-likeness (QED) is 0.566. The summed E-state index contributed by atoms with van der Waals surface area (Å²) >= 11 is 0. The standard InChI is InChI=1S/C21H30N2O4/c1-12-17(13(2)22(4)18(12)21(26)27-5)19(24)14(3)23(16-10-11-16)20(25)15-8-6-7-9-15/h14-16H,6-11H2,1-5H3/t14-/m1/s1. The van der Waals surface area contributed by atoms with E-state index in [1.54, 1.807) is 18.5 Å². The molecule has 0 bridgehead atoms. The van der Waals surface area contributed by atoms with Gasteiger partial charge in [-0.1, -0.05) is 12.8 Å². The molecule has 0 unspecified atom stereocenters. The number of carbonyl (C=O) groups is 3. The summed E-state index contributed by atoms with van der Waals surface area (Å²) in [5.74, 6) is -0.348. The van der Waals surface area contributed by atoms with Crippen molar-refractivity contribution < 1.29 is 19.1 Å². The molecule has 6 nitrogen and oxygen atoms in total. The van der Waals surface area contributed by atoms with Crippen LogP contribution in [-0.2, 0) is 16.6 Å². The summed E-state index contributed by atoms with van der Waals surface area (Å²) in [5, 5.41) is 0. The predicted molar refractivity (Wildman–Crippen MR) is 102 cm³/mol. The van der Waals surface area contributed by atoms with Crippen LogP contribution >= 0.6 is 0 Å². The van der Waals surface area contributed by atoms with Crippen molar-refractivity contribution in [3.05, 3.63) is 22.5 Å². The van der Waals surface area contributed by atoms with Crippen molar-refractivity contribution in [2.24, 2.45) is 13.0 Å². The van der Waals surface area contributed by atoms with Crippen LogP contribution < -0.4 is 0 Å². The van der Waals surface area contributed by atoms with Crippen molar-refractivity contribution in [1.82, 2.24) is 9.47 Å². The third kappa shape index (κ3) is 3.42. The summed E-state index contributed by atoms with van der Waals surface area (Å²) in [6, 6.07) is -0.336. The summed E-state index contributed by atoms with van der Waals surface area (Å²) in [5.41, 5.74) is 2.29. The zero-order chi connectivity index (χ0) is 19.9. The highest BCUT2D eigenvalue weighted by molar-refractivity contribution is 6.06. The number of hydrogen-bond acceptors (Lipinski definition) is 4. The third-order valence-electron chi connectivity index (χ3n) is 6.25. The van der Waals surface area contributed by atoms with Gasteiger partial charge in [-0.3, -0.25) is 9.59 Å². The van der Waals surface area contributed by atoms with Gasteiger partial charge in [0.05, 0.1) is 13.2 Å². The first kappa shape index (κ1) is 19.6. The lowest BCUT2D eigenvalue weighted by molar-refractivity contribution is -0.137. The minimum absolute atomic E-state index is 0.0597. The summed E-state index contributed by atoms with van der Waals surface area (Å²) in [6.07, 6.45) is 5.98. The molecule has 1 aromatic rings. The number of aromatic nitrogens is 1. The van der Waals surface area contributed by atoms with Gasteiger partial charge in [0.2, 0.25) is 5.91 Å². The van der Waals surface area contributed by atoms with Gasteiger partial charge in [0.25, 0.3) is 0 Å². The minimum atomic E-state index is -0.518. The maximum atomic E-state index is 13.4. The topological polar surface area (TPSA) is 68.6 Å². The van der Waals surface area contributed by atoms with Crippen LogP contribution in [0.5, 0.6) is 0 Å². The molecule has 6 heteroatoms. The van der Waals surface area contributed by atoms with E-state index in [0.29, 0.717) is 16.8 Å². The number of amides is 1. The lowest BCUT2D eigenvalue weighted by Gasteiger charge is -2.31. The molecular weight excluding hydrogens is 344 g/mol. The van der Waals surface area contributed by atoms with Gasteiger partial charge in [0.1, 0.15) is 5.69 Å². The first-order chi connectivity index (χ1) is 12.8. The number of esters is 1. The molecule has 1 amide bonds. The average molecular weight is 374 g/mol. The Balaban J connectivity index is 1.92. The van der Waals surface area contributed by atoms with E-state index in [2.05, 4.69) is 0 Å². The summed E-state index contributed by atoms with van der Waals surface area (Å²) in [7, 11) is 3.10. The zero-order valence-corrected chi connectivity index (χ0v) is 17.0. The Morgan fingerprint density at radius 1 is 1.11 bits per heavy atom. The maximum Gasteiger partial charge on any atom is 0.354 e. The number of Topliss-reactive ketones (excluding diaryl/α,β-unsaturated/α-hetero) is 1. The largest absolute Gasteiger partial charge is 0.464 e. The van der Waals surface area contributed by atoms with Gasteiger partial charge in [0, 0.05) is 30.3 Å². The van der Waals surface area contributed by atoms with E-state index in [0.717, 1.165) is 44.2 Å². The van der Waals surface area contributed by atoms with Gasteiger partial charge >= 0.3 is 5.97 Å². The fourth-order valence-corrected chi connectivity index (χ4v) is 4.49. The number of ketones is 1. The highest BCUT2D eigenvalue weighted by Crippen LogP contribution is 2.35. The monoisotopic (exact) mass is 374 g/mol. The van der Waals surface area contributed by atoms with Crippen molar-refractivity contribution in [3.8, 4) is 0 Å². The zero-order valence-electron chi connectivity index (χ0n) is 17.0. The van der Waals surface area contributed by atoms with Crippen LogP contribution in [0.15, 0.2) is 0 Å². The number of methoxy groups -OCH3 is 1. The number of nitrogens with zero attached hydrogens (tertiary/aromatic N) is 2. The molecule has 1 heterocycles. The van der Waals surface area contributed by atoms with Crippen LogP contribution in [0.1, 0.15) is 77.6 Å². The molecule has 2 aliphatic carbocycles. The fourth-order valence-electron chi connectivity index (χ4n) is 4.49. The normalized spacial score (nSPS) is 18.4. The SMILES string of the molecule is COC(=O)c1c(C)c(C(=O)[C@@H](C)N(C(=O)C2CCCC2)C2CC2)c(C)n1C. The molecule has 0 saturated heterocycles. The van der Waals surface area contributed by atoms with E-state index < -0.39 is 12.0 Å². The van der Waals surface area contributed by atoms with Gasteiger partial charge in [-0.2, -0.15) is 0 Å². The second kappa shape index (κ2) is 7.49. The van der Waals surface area contributed by atoms with Crippen LogP contribution in [0, 0.1) is 19.8 Å². The Bertz CT molecular complexity index is 770. The lowest BCUT2D eigenvalue weighted by Crippen LogP contribution is -2.47. The predicted octanol–water partition coefficient (Wildman–Crippen LogP) is 3.18. The second-order valence-corrected chi connectivity index (χ2v) is 7.98. The van der Waals surface area contributed by atoms with Crippen LogP contribution in [0.4, 0.5) is 0 Å². The van der Waals surface area contributed by atoms with Crippen LogP contribution in [0.3, 0.4) is 0 Å². The van der Waals surface area contributed by atoms with E-state index in [1.165, 1.54) is 7.11 Å². The van der Waals surface area contributed by atoms with Gasteiger partial charge in [-0.05, 0) is 52.0 Å².